The summed E-state index contributed by atoms with van der Waals surface area (Å²) in [4.78, 5) is 23.9. The molecule has 1 aliphatic rings. The van der Waals surface area contributed by atoms with Crippen LogP contribution >= 0.6 is 11.3 Å². The molecular formula is C17H20N4OS. The molecule has 2 N–H and O–H groups in total. The van der Waals surface area contributed by atoms with Crippen LogP contribution in [-0.2, 0) is 0 Å². The number of carbonyl (C=O) groups is 1. The quantitative estimate of drug-likeness (QED) is 0.939. The minimum absolute atomic E-state index is 0.0779. The molecule has 1 aliphatic heterocycles. The molecule has 3 rings (SSSR count). The van der Waals surface area contributed by atoms with E-state index in [1.165, 1.54) is 17.4 Å². The fourth-order valence-corrected chi connectivity index (χ4v) is 3.47. The number of rotatable bonds is 3. The van der Waals surface area contributed by atoms with Crippen molar-refractivity contribution in [2.24, 2.45) is 0 Å². The topological polar surface area (TPSA) is 72.1 Å². The Morgan fingerprint density at radius 1 is 1.39 bits per heavy atom. The second-order valence-electron chi connectivity index (χ2n) is 5.61. The standard InChI is InChI=1S/C17H20N4OS/c18-16-15(11-19-12-20-16)17(22)21-9-3-1-2-5-13(21)7-8-14-6-4-10-23-14/h4,6-8,10-13H,1-3,5,9H2,(H2,18,19,20)/b8-7+. The molecule has 120 valence electrons. The van der Waals surface area contributed by atoms with Crippen LogP contribution in [0.5, 0.6) is 0 Å². The molecule has 0 saturated carbocycles. The van der Waals surface area contributed by atoms with Crippen molar-refractivity contribution in [1.82, 2.24) is 14.9 Å². The summed E-state index contributed by atoms with van der Waals surface area (Å²) in [5, 5.41) is 2.05. The lowest BCUT2D eigenvalue weighted by Gasteiger charge is -2.28. The fourth-order valence-electron chi connectivity index (χ4n) is 2.84. The molecule has 6 heteroatoms. The van der Waals surface area contributed by atoms with E-state index < -0.39 is 0 Å². The van der Waals surface area contributed by atoms with Gasteiger partial charge in [-0.2, -0.15) is 0 Å². The zero-order chi connectivity index (χ0) is 16.1. The third-order valence-electron chi connectivity index (χ3n) is 4.06. The minimum Gasteiger partial charge on any atom is -0.383 e. The van der Waals surface area contributed by atoms with Crippen molar-refractivity contribution < 1.29 is 4.79 Å². The smallest absolute Gasteiger partial charge is 0.259 e. The van der Waals surface area contributed by atoms with Gasteiger partial charge >= 0.3 is 0 Å². The number of anilines is 1. The predicted molar refractivity (Wildman–Crippen MR) is 93.1 cm³/mol. The first-order valence-corrected chi connectivity index (χ1v) is 8.72. The average molecular weight is 328 g/mol. The van der Waals surface area contributed by atoms with Crippen LogP contribution < -0.4 is 5.73 Å². The maximum Gasteiger partial charge on any atom is 0.259 e. The normalized spacial score (nSPS) is 19.0. The van der Waals surface area contributed by atoms with Crippen LogP contribution in [0.4, 0.5) is 5.82 Å². The highest BCUT2D eigenvalue weighted by Gasteiger charge is 2.26. The van der Waals surface area contributed by atoms with E-state index in [1.807, 2.05) is 11.0 Å². The molecule has 2 aromatic rings. The Kier molecular flexibility index (Phi) is 5.02. The second-order valence-corrected chi connectivity index (χ2v) is 6.59. The molecule has 0 aliphatic carbocycles. The van der Waals surface area contributed by atoms with Crippen LogP contribution in [0.1, 0.15) is 40.9 Å². The monoisotopic (exact) mass is 328 g/mol. The van der Waals surface area contributed by atoms with Crippen molar-refractivity contribution in [3.8, 4) is 0 Å². The van der Waals surface area contributed by atoms with Crippen molar-refractivity contribution in [2.75, 3.05) is 12.3 Å². The van der Waals surface area contributed by atoms with E-state index in [1.54, 1.807) is 11.3 Å². The first kappa shape index (κ1) is 15.7. The summed E-state index contributed by atoms with van der Waals surface area (Å²) in [5.41, 5.74) is 6.24. The fraction of sp³-hybridized carbons (Fsp3) is 0.353. The Labute approximate surface area is 139 Å². The van der Waals surface area contributed by atoms with Gasteiger partial charge in [-0.15, -0.1) is 11.3 Å². The highest BCUT2D eigenvalue weighted by Crippen LogP contribution is 2.22. The van der Waals surface area contributed by atoms with Gasteiger partial charge < -0.3 is 10.6 Å². The zero-order valence-corrected chi connectivity index (χ0v) is 13.7. The van der Waals surface area contributed by atoms with E-state index in [-0.39, 0.29) is 17.8 Å². The molecule has 0 radical (unpaired) electrons. The molecule has 2 aromatic heterocycles. The molecule has 1 atom stereocenters. The molecular weight excluding hydrogens is 308 g/mol. The van der Waals surface area contributed by atoms with E-state index >= 15 is 0 Å². The maximum absolute atomic E-state index is 12.9. The van der Waals surface area contributed by atoms with Gasteiger partial charge in [-0.1, -0.05) is 25.0 Å². The largest absolute Gasteiger partial charge is 0.383 e. The molecule has 0 spiro atoms. The molecule has 23 heavy (non-hydrogen) atoms. The van der Waals surface area contributed by atoms with Crippen molar-refractivity contribution in [3.05, 3.63) is 46.6 Å². The van der Waals surface area contributed by atoms with Gasteiger partial charge in [0.05, 0.1) is 6.04 Å². The van der Waals surface area contributed by atoms with Gasteiger partial charge in [-0.05, 0) is 30.4 Å². The summed E-state index contributed by atoms with van der Waals surface area (Å²) in [6.45, 7) is 0.743. The van der Waals surface area contributed by atoms with Gasteiger partial charge in [0, 0.05) is 17.6 Å². The van der Waals surface area contributed by atoms with Crippen molar-refractivity contribution >= 4 is 29.1 Å². The summed E-state index contributed by atoms with van der Waals surface area (Å²) >= 11 is 1.69. The third-order valence-corrected chi connectivity index (χ3v) is 4.90. The van der Waals surface area contributed by atoms with E-state index in [9.17, 15) is 4.79 Å². The van der Waals surface area contributed by atoms with Gasteiger partial charge in [-0.3, -0.25) is 4.79 Å². The number of thiophene rings is 1. The number of hydrogen-bond donors (Lipinski definition) is 1. The Balaban J connectivity index is 1.84. The van der Waals surface area contributed by atoms with Crippen molar-refractivity contribution in [3.63, 3.8) is 0 Å². The SMILES string of the molecule is Nc1ncncc1C(=O)N1CCCCCC1/C=C/c1cccs1. The van der Waals surface area contributed by atoms with Gasteiger partial charge in [-0.25, -0.2) is 9.97 Å². The predicted octanol–water partition coefficient (Wildman–Crippen LogP) is 3.22. The van der Waals surface area contributed by atoms with Crippen LogP contribution in [0.3, 0.4) is 0 Å². The minimum atomic E-state index is -0.0779. The van der Waals surface area contributed by atoms with Crippen LogP contribution in [0.2, 0.25) is 0 Å². The van der Waals surface area contributed by atoms with Crippen LogP contribution in [0.25, 0.3) is 6.08 Å². The Morgan fingerprint density at radius 3 is 3.09 bits per heavy atom. The Morgan fingerprint density at radius 2 is 2.30 bits per heavy atom. The molecule has 0 bridgehead atoms. The summed E-state index contributed by atoms with van der Waals surface area (Å²) < 4.78 is 0. The average Bonchev–Trinajstić information content (AvgIpc) is 2.97. The summed E-state index contributed by atoms with van der Waals surface area (Å²) in [5.74, 6) is 0.168. The first-order valence-electron chi connectivity index (χ1n) is 7.84. The molecule has 1 amide bonds. The number of nitrogen functional groups attached to an aromatic ring is 1. The lowest BCUT2D eigenvalue weighted by Crippen LogP contribution is -2.39. The lowest BCUT2D eigenvalue weighted by atomic mass is 10.1. The third kappa shape index (κ3) is 3.76. The van der Waals surface area contributed by atoms with Gasteiger partial charge in [0.2, 0.25) is 0 Å². The van der Waals surface area contributed by atoms with Crippen molar-refractivity contribution in [2.45, 2.75) is 31.7 Å². The van der Waals surface area contributed by atoms with E-state index in [2.05, 4.69) is 33.6 Å². The lowest BCUT2D eigenvalue weighted by molar-refractivity contribution is 0.0719. The van der Waals surface area contributed by atoms with Crippen LogP contribution in [-0.4, -0.2) is 33.4 Å². The highest BCUT2D eigenvalue weighted by atomic mass is 32.1. The molecule has 1 fully saturated rings. The number of nitrogens with two attached hydrogens (primary N) is 1. The number of nitrogens with zero attached hydrogens (tertiary/aromatic N) is 3. The molecule has 1 saturated heterocycles. The van der Waals surface area contributed by atoms with E-state index in [4.69, 9.17) is 5.73 Å². The summed E-state index contributed by atoms with van der Waals surface area (Å²) in [6.07, 6.45) is 11.4. The number of aromatic nitrogens is 2. The zero-order valence-electron chi connectivity index (χ0n) is 12.9. The number of amides is 1. The van der Waals surface area contributed by atoms with E-state index in [0.717, 1.165) is 32.2 Å². The Hall–Kier alpha value is -2.21. The molecule has 0 aromatic carbocycles. The maximum atomic E-state index is 12.9. The van der Waals surface area contributed by atoms with Crippen LogP contribution in [0, 0.1) is 0 Å². The summed E-state index contributed by atoms with van der Waals surface area (Å²) in [7, 11) is 0. The molecule has 1 unspecified atom stereocenters. The number of likely N-dealkylation sites (tertiary alicyclic amines) is 1. The highest BCUT2D eigenvalue weighted by molar-refractivity contribution is 7.10. The Bertz CT molecular complexity index is 684. The van der Waals surface area contributed by atoms with Gasteiger partial charge in [0.25, 0.3) is 5.91 Å². The molecule has 5 nitrogen and oxygen atoms in total. The summed E-state index contributed by atoms with van der Waals surface area (Å²) in [6, 6.07) is 4.20. The molecule has 3 heterocycles. The van der Waals surface area contributed by atoms with Gasteiger partial charge in [0.1, 0.15) is 17.7 Å². The number of carbonyl (C=O) groups excluding carboxylic acids is 1. The second kappa shape index (κ2) is 7.37. The number of hydrogen-bond acceptors (Lipinski definition) is 5. The van der Waals surface area contributed by atoms with Crippen molar-refractivity contribution in [1.29, 1.82) is 0 Å². The van der Waals surface area contributed by atoms with E-state index in [0.29, 0.717) is 5.56 Å². The first-order chi connectivity index (χ1) is 11.3. The van der Waals surface area contributed by atoms with Crippen LogP contribution in [0.15, 0.2) is 36.1 Å². The van der Waals surface area contributed by atoms with Gasteiger partial charge in [0.15, 0.2) is 0 Å².